The molecule has 1 N–H and O–H groups in total. The van der Waals surface area contributed by atoms with Crippen LogP contribution in [0.25, 0.3) is 5.69 Å². The minimum Gasteiger partial charge on any atom is -0.481 e. The van der Waals surface area contributed by atoms with Crippen molar-refractivity contribution in [3.63, 3.8) is 0 Å². The van der Waals surface area contributed by atoms with Crippen LogP contribution in [0.15, 0.2) is 22.8 Å². The summed E-state index contributed by atoms with van der Waals surface area (Å²) in [4.78, 5) is 10.5. The van der Waals surface area contributed by atoms with Gasteiger partial charge in [-0.3, -0.25) is 4.79 Å². The third-order valence-corrected chi connectivity index (χ3v) is 3.23. The number of aryl methyl sites for hydroxylation is 2. The maximum Gasteiger partial charge on any atom is 0.303 e. The Bertz CT molecular complexity index is 627. The lowest BCUT2D eigenvalue weighted by Gasteiger charge is -2.06. The number of rotatable bonds is 4. The molecule has 0 atom stereocenters. The first kappa shape index (κ1) is 13.7. The van der Waals surface area contributed by atoms with Gasteiger partial charge in [0.05, 0.1) is 28.5 Å². The summed E-state index contributed by atoms with van der Waals surface area (Å²) in [5.41, 5.74) is 1.97. The molecule has 5 nitrogen and oxygen atoms in total. The number of carbonyl (C=O) groups is 1. The van der Waals surface area contributed by atoms with E-state index in [2.05, 4.69) is 26.2 Å². The Morgan fingerprint density at radius 2 is 2.26 bits per heavy atom. The number of benzene rings is 1. The second-order valence-corrected chi connectivity index (χ2v) is 4.96. The second-order valence-electron chi connectivity index (χ2n) is 4.10. The normalized spacial score (nSPS) is 10.7. The van der Waals surface area contributed by atoms with Gasteiger partial charge in [-0.2, -0.15) is 0 Å². The van der Waals surface area contributed by atoms with E-state index in [0.717, 1.165) is 5.56 Å². The predicted molar refractivity (Wildman–Crippen MR) is 69.7 cm³/mol. The van der Waals surface area contributed by atoms with Crippen molar-refractivity contribution in [1.82, 2.24) is 15.0 Å². The summed E-state index contributed by atoms with van der Waals surface area (Å²) in [7, 11) is 0. The average Bonchev–Trinajstić information content (AvgIpc) is 2.80. The Balaban J connectivity index is 2.27. The molecule has 1 aromatic heterocycles. The van der Waals surface area contributed by atoms with E-state index in [1.54, 1.807) is 12.3 Å². The number of halogens is 2. The van der Waals surface area contributed by atoms with Crippen molar-refractivity contribution < 1.29 is 14.3 Å². The van der Waals surface area contributed by atoms with E-state index in [9.17, 15) is 9.18 Å². The van der Waals surface area contributed by atoms with Gasteiger partial charge in [-0.25, -0.2) is 9.07 Å². The highest BCUT2D eigenvalue weighted by atomic mass is 79.9. The number of hydrogen-bond acceptors (Lipinski definition) is 3. The van der Waals surface area contributed by atoms with Gasteiger partial charge >= 0.3 is 5.97 Å². The van der Waals surface area contributed by atoms with Crippen LogP contribution in [0.4, 0.5) is 4.39 Å². The molecule has 2 rings (SSSR count). The standard InChI is InChI=1S/C12H11BrFN3O2/c1-7-4-9(13)10(14)5-11(7)17-6-8(15-16-17)2-3-12(18)19/h4-6H,2-3H2,1H3,(H,18,19). The summed E-state index contributed by atoms with van der Waals surface area (Å²) in [5.74, 6) is -1.27. The Hall–Kier alpha value is -1.76. The fraction of sp³-hybridized carbons (Fsp3) is 0.250. The fourth-order valence-electron chi connectivity index (χ4n) is 1.65. The van der Waals surface area contributed by atoms with E-state index in [4.69, 9.17) is 5.11 Å². The van der Waals surface area contributed by atoms with E-state index < -0.39 is 5.97 Å². The van der Waals surface area contributed by atoms with Gasteiger partial charge in [-0.15, -0.1) is 5.10 Å². The summed E-state index contributed by atoms with van der Waals surface area (Å²) < 4.78 is 15.4. The third-order valence-electron chi connectivity index (χ3n) is 2.62. The van der Waals surface area contributed by atoms with Crippen molar-refractivity contribution in [3.8, 4) is 5.69 Å². The number of carboxylic acids is 1. The highest BCUT2D eigenvalue weighted by Gasteiger charge is 2.10. The predicted octanol–water partition coefficient (Wildman–Crippen LogP) is 2.49. The van der Waals surface area contributed by atoms with E-state index in [-0.39, 0.29) is 12.2 Å². The molecule has 0 saturated heterocycles. The molecule has 0 bridgehead atoms. The summed E-state index contributed by atoms with van der Waals surface area (Å²) in [5, 5.41) is 16.4. The topological polar surface area (TPSA) is 68.0 Å². The Morgan fingerprint density at radius 1 is 1.53 bits per heavy atom. The Labute approximate surface area is 117 Å². The zero-order valence-corrected chi connectivity index (χ0v) is 11.7. The summed E-state index contributed by atoms with van der Waals surface area (Å²) in [6, 6.07) is 3.01. The lowest BCUT2D eigenvalue weighted by molar-refractivity contribution is -0.136. The number of carboxylic acid groups (broad SMARTS) is 1. The number of aromatic nitrogens is 3. The molecule has 7 heteroatoms. The SMILES string of the molecule is Cc1cc(Br)c(F)cc1-n1cc(CCC(=O)O)nn1. The van der Waals surface area contributed by atoms with Crippen LogP contribution in [-0.2, 0) is 11.2 Å². The van der Waals surface area contributed by atoms with Gasteiger partial charge in [-0.05, 0) is 34.5 Å². The first-order valence-corrected chi connectivity index (χ1v) is 6.35. The van der Waals surface area contributed by atoms with Gasteiger partial charge in [0.2, 0.25) is 0 Å². The van der Waals surface area contributed by atoms with Crippen molar-refractivity contribution in [2.75, 3.05) is 0 Å². The first-order chi connectivity index (χ1) is 8.97. The summed E-state index contributed by atoms with van der Waals surface area (Å²) >= 11 is 3.11. The van der Waals surface area contributed by atoms with Crippen LogP contribution in [0.1, 0.15) is 17.7 Å². The first-order valence-electron chi connectivity index (χ1n) is 5.56. The van der Waals surface area contributed by atoms with Gasteiger partial charge in [-0.1, -0.05) is 5.21 Å². The van der Waals surface area contributed by atoms with E-state index in [0.29, 0.717) is 22.3 Å². The molecule has 0 aliphatic rings. The summed E-state index contributed by atoms with van der Waals surface area (Å²) in [6.07, 6.45) is 1.90. The minimum absolute atomic E-state index is 0.00757. The van der Waals surface area contributed by atoms with Crippen LogP contribution in [0.3, 0.4) is 0 Å². The second kappa shape index (κ2) is 5.48. The van der Waals surface area contributed by atoms with Crippen LogP contribution in [-0.4, -0.2) is 26.1 Å². The molecule has 1 aromatic carbocycles. The van der Waals surface area contributed by atoms with Crippen LogP contribution >= 0.6 is 15.9 Å². The lowest BCUT2D eigenvalue weighted by atomic mass is 10.2. The van der Waals surface area contributed by atoms with Gasteiger partial charge in [0.25, 0.3) is 0 Å². The van der Waals surface area contributed by atoms with E-state index in [1.165, 1.54) is 10.7 Å². The number of aliphatic carboxylic acids is 1. The molecule has 0 unspecified atom stereocenters. The molecule has 0 fully saturated rings. The molecular weight excluding hydrogens is 317 g/mol. The monoisotopic (exact) mass is 327 g/mol. The summed E-state index contributed by atoms with van der Waals surface area (Å²) in [6.45, 7) is 1.83. The molecule has 100 valence electrons. The molecule has 0 spiro atoms. The molecule has 1 heterocycles. The molecule has 0 aliphatic heterocycles. The third kappa shape index (κ3) is 3.17. The molecular formula is C12H11BrFN3O2. The van der Waals surface area contributed by atoms with Crippen molar-refractivity contribution in [2.24, 2.45) is 0 Å². The van der Waals surface area contributed by atoms with Crippen molar-refractivity contribution in [1.29, 1.82) is 0 Å². The van der Waals surface area contributed by atoms with Gasteiger partial charge in [0.15, 0.2) is 0 Å². The highest BCUT2D eigenvalue weighted by molar-refractivity contribution is 9.10. The lowest BCUT2D eigenvalue weighted by Crippen LogP contribution is -1.99. The Morgan fingerprint density at radius 3 is 2.95 bits per heavy atom. The number of nitrogens with zero attached hydrogens (tertiary/aromatic N) is 3. The fourth-order valence-corrected chi connectivity index (χ4v) is 2.11. The molecule has 0 saturated carbocycles. The van der Waals surface area contributed by atoms with Crippen LogP contribution < -0.4 is 0 Å². The van der Waals surface area contributed by atoms with Crippen molar-refractivity contribution in [3.05, 3.63) is 39.9 Å². The quantitative estimate of drug-likeness (QED) is 0.936. The van der Waals surface area contributed by atoms with Crippen molar-refractivity contribution in [2.45, 2.75) is 19.8 Å². The molecule has 0 radical (unpaired) electrons. The zero-order valence-electron chi connectivity index (χ0n) is 10.1. The van der Waals surface area contributed by atoms with Gasteiger partial charge in [0, 0.05) is 12.5 Å². The van der Waals surface area contributed by atoms with E-state index >= 15 is 0 Å². The largest absolute Gasteiger partial charge is 0.481 e. The van der Waals surface area contributed by atoms with Crippen LogP contribution in [0, 0.1) is 12.7 Å². The minimum atomic E-state index is -0.889. The van der Waals surface area contributed by atoms with Gasteiger partial charge in [0.1, 0.15) is 5.82 Å². The average molecular weight is 328 g/mol. The van der Waals surface area contributed by atoms with Crippen molar-refractivity contribution >= 4 is 21.9 Å². The van der Waals surface area contributed by atoms with Crippen LogP contribution in [0.2, 0.25) is 0 Å². The maximum atomic E-state index is 13.5. The molecule has 2 aromatic rings. The van der Waals surface area contributed by atoms with E-state index in [1.807, 2.05) is 6.92 Å². The number of hydrogen-bond donors (Lipinski definition) is 1. The molecule has 0 amide bonds. The zero-order chi connectivity index (χ0) is 14.0. The van der Waals surface area contributed by atoms with Crippen LogP contribution in [0.5, 0.6) is 0 Å². The molecule has 19 heavy (non-hydrogen) atoms. The molecule has 0 aliphatic carbocycles. The Kier molecular flexibility index (Phi) is 3.94. The highest BCUT2D eigenvalue weighted by Crippen LogP contribution is 2.22. The van der Waals surface area contributed by atoms with Gasteiger partial charge < -0.3 is 5.11 Å². The smallest absolute Gasteiger partial charge is 0.303 e. The maximum absolute atomic E-state index is 13.5.